The molecule has 7 aromatic carbocycles. The van der Waals surface area contributed by atoms with E-state index in [4.69, 9.17) is 19.7 Å². The van der Waals surface area contributed by atoms with Crippen LogP contribution < -0.4 is 20.3 Å². The van der Waals surface area contributed by atoms with E-state index in [1.165, 1.54) is 0 Å². The summed E-state index contributed by atoms with van der Waals surface area (Å²) in [6.07, 6.45) is 0. The minimum atomic E-state index is -4.07. The van der Waals surface area contributed by atoms with Gasteiger partial charge in [0.2, 0.25) is 5.57 Å². The lowest BCUT2D eigenvalue weighted by Gasteiger charge is -2.32. The molecule has 0 saturated heterocycles. The molecule has 9 rings (SSSR count). The van der Waals surface area contributed by atoms with E-state index in [1.807, 2.05) is 181 Å². The third-order valence-electron chi connectivity index (χ3n) is 9.15. The molecule has 0 saturated carbocycles. The SMILES string of the molecule is O=P1(c2nc(-c3ccccc3)nc(-c3ccccc3)n2)c2cc(-c3ccccc3)ccc2Oc2ccc(-c3ccccc3)cc2N1c1ccccc1. The lowest BCUT2D eigenvalue weighted by molar-refractivity contribution is 0.489. The number of rotatable bonds is 6. The van der Waals surface area contributed by atoms with Gasteiger partial charge >= 0.3 is 0 Å². The molecule has 1 aliphatic rings. The Kier molecular flexibility index (Phi) is 8.00. The molecule has 52 heavy (non-hydrogen) atoms. The van der Waals surface area contributed by atoms with E-state index in [2.05, 4.69) is 12.1 Å². The highest BCUT2D eigenvalue weighted by Gasteiger charge is 2.45. The summed E-state index contributed by atoms with van der Waals surface area (Å²) < 4.78 is 25.8. The van der Waals surface area contributed by atoms with Gasteiger partial charge in [0.05, 0.1) is 11.0 Å². The van der Waals surface area contributed by atoms with Gasteiger partial charge in [-0.2, -0.15) is 0 Å². The summed E-state index contributed by atoms with van der Waals surface area (Å²) in [6.45, 7) is 0. The van der Waals surface area contributed by atoms with Crippen molar-refractivity contribution in [3.8, 4) is 56.5 Å². The summed E-state index contributed by atoms with van der Waals surface area (Å²) in [5, 5.41) is 0.486. The van der Waals surface area contributed by atoms with Gasteiger partial charge in [0.25, 0.3) is 7.29 Å². The van der Waals surface area contributed by atoms with Crippen molar-refractivity contribution in [2.45, 2.75) is 0 Å². The predicted molar refractivity (Wildman–Crippen MR) is 210 cm³/mol. The standard InChI is InChI=1S/C45H31N4O2P/c50-52(45-47-43(34-20-10-3-11-21-34)46-44(48-45)35-22-12-4-13-23-35)42-31-37(33-18-8-2-9-19-33)27-29-41(42)51-40-28-26-36(32-16-6-1-7-17-32)30-39(40)49(52)38-24-14-5-15-25-38/h1-31H. The topological polar surface area (TPSA) is 68.2 Å². The monoisotopic (exact) mass is 690 g/mol. The average Bonchev–Trinajstić information content (AvgIpc) is 3.34. The Morgan fingerprint density at radius 1 is 0.423 bits per heavy atom. The van der Waals surface area contributed by atoms with Crippen LogP contribution in [-0.2, 0) is 4.57 Å². The lowest BCUT2D eigenvalue weighted by atomic mass is 10.0. The summed E-state index contributed by atoms with van der Waals surface area (Å²) in [6, 6.07) is 61.5. The van der Waals surface area contributed by atoms with E-state index < -0.39 is 7.29 Å². The van der Waals surface area contributed by atoms with Gasteiger partial charge in [-0.25, -0.2) is 15.0 Å². The van der Waals surface area contributed by atoms with Gasteiger partial charge in [-0.3, -0.25) is 9.24 Å². The smallest absolute Gasteiger partial charge is 0.274 e. The third-order valence-corrected chi connectivity index (χ3v) is 11.9. The van der Waals surface area contributed by atoms with Crippen LogP contribution in [0.1, 0.15) is 0 Å². The highest BCUT2D eigenvalue weighted by molar-refractivity contribution is 7.80. The Morgan fingerprint density at radius 3 is 1.38 bits per heavy atom. The third kappa shape index (κ3) is 5.65. The van der Waals surface area contributed by atoms with Crippen molar-refractivity contribution in [1.29, 1.82) is 0 Å². The minimum Gasteiger partial charge on any atom is -0.454 e. The van der Waals surface area contributed by atoms with Gasteiger partial charge < -0.3 is 4.74 Å². The molecule has 0 radical (unpaired) electrons. The summed E-state index contributed by atoms with van der Waals surface area (Å²) in [5.41, 5.74) is 6.94. The largest absolute Gasteiger partial charge is 0.454 e. The van der Waals surface area contributed by atoms with Crippen LogP contribution in [0.3, 0.4) is 0 Å². The van der Waals surface area contributed by atoms with Crippen LogP contribution in [0.5, 0.6) is 11.5 Å². The van der Waals surface area contributed by atoms with Gasteiger partial charge in [-0.05, 0) is 58.7 Å². The molecule has 1 atom stereocenters. The number of fused-ring (bicyclic) bond motifs is 2. The second-order valence-electron chi connectivity index (χ2n) is 12.4. The number of anilines is 2. The van der Waals surface area contributed by atoms with Gasteiger partial charge in [-0.15, -0.1) is 0 Å². The quantitative estimate of drug-likeness (QED) is 0.162. The maximum Gasteiger partial charge on any atom is 0.274 e. The molecule has 1 aromatic heterocycles. The van der Waals surface area contributed by atoms with Gasteiger partial charge in [0.1, 0.15) is 5.75 Å². The van der Waals surface area contributed by atoms with Crippen LogP contribution in [0.2, 0.25) is 0 Å². The second-order valence-corrected chi connectivity index (χ2v) is 14.9. The molecular weight excluding hydrogens is 659 g/mol. The fourth-order valence-corrected chi connectivity index (χ4v) is 9.33. The Bertz CT molecular complexity index is 2510. The molecule has 0 N–H and O–H groups in total. The lowest BCUT2D eigenvalue weighted by Crippen LogP contribution is -2.33. The second kappa shape index (κ2) is 13.3. The zero-order valence-corrected chi connectivity index (χ0v) is 28.8. The van der Waals surface area contributed by atoms with E-state index in [1.54, 1.807) is 0 Å². The van der Waals surface area contributed by atoms with Gasteiger partial charge in [0, 0.05) is 16.8 Å². The average molecular weight is 691 g/mol. The van der Waals surface area contributed by atoms with Crippen LogP contribution in [0.25, 0.3) is 45.0 Å². The van der Waals surface area contributed by atoms with E-state index >= 15 is 4.57 Å². The Hall–Kier alpha value is -6.62. The fourth-order valence-electron chi connectivity index (χ4n) is 6.61. The van der Waals surface area contributed by atoms with Crippen LogP contribution in [0, 0.1) is 0 Å². The molecule has 1 aliphatic heterocycles. The first-order chi connectivity index (χ1) is 25.6. The molecule has 2 heterocycles. The number of hydrogen-bond donors (Lipinski definition) is 0. The van der Waals surface area contributed by atoms with E-state index in [0.29, 0.717) is 39.8 Å². The van der Waals surface area contributed by atoms with E-state index in [9.17, 15) is 0 Å². The molecule has 0 amide bonds. The molecular formula is C45H31N4O2P. The van der Waals surface area contributed by atoms with Crippen molar-refractivity contribution in [3.05, 3.63) is 188 Å². The fraction of sp³-hybridized carbons (Fsp3) is 0. The number of ether oxygens (including phenoxy) is 1. The number of benzene rings is 7. The summed E-state index contributed by atoms with van der Waals surface area (Å²) in [7, 11) is -4.07. The van der Waals surface area contributed by atoms with Crippen molar-refractivity contribution in [1.82, 2.24) is 15.0 Å². The van der Waals surface area contributed by atoms with Crippen LogP contribution >= 0.6 is 7.29 Å². The summed E-state index contributed by atoms with van der Waals surface area (Å²) in [5.74, 6) is 1.89. The summed E-state index contributed by atoms with van der Waals surface area (Å²) >= 11 is 0. The molecule has 7 heteroatoms. The zero-order valence-electron chi connectivity index (χ0n) is 28.0. The van der Waals surface area contributed by atoms with Crippen LogP contribution in [-0.4, -0.2) is 15.0 Å². The van der Waals surface area contributed by atoms with E-state index in [-0.39, 0.29) is 5.57 Å². The first kappa shape index (κ1) is 31.4. The minimum absolute atomic E-state index is 0.150. The van der Waals surface area contributed by atoms with E-state index in [0.717, 1.165) is 33.4 Å². The Morgan fingerprint density at radius 2 is 0.865 bits per heavy atom. The molecule has 0 spiro atoms. The Balaban J connectivity index is 1.39. The molecule has 0 fully saturated rings. The number of hydrogen-bond acceptors (Lipinski definition) is 5. The van der Waals surface area contributed by atoms with Gasteiger partial charge in [0.15, 0.2) is 17.4 Å². The molecule has 8 aromatic rings. The van der Waals surface area contributed by atoms with Crippen molar-refractivity contribution in [3.63, 3.8) is 0 Å². The number of para-hydroxylation sites is 1. The van der Waals surface area contributed by atoms with Crippen molar-refractivity contribution in [2.75, 3.05) is 4.67 Å². The Labute approximate surface area is 302 Å². The number of nitrogens with zero attached hydrogens (tertiary/aromatic N) is 4. The molecule has 1 unspecified atom stereocenters. The van der Waals surface area contributed by atoms with Crippen molar-refractivity contribution >= 4 is 29.5 Å². The maximum absolute atomic E-state index is 17.1. The molecule has 6 nitrogen and oxygen atoms in total. The molecule has 248 valence electrons. The van der Waals surface area contributed by atoms with Crippen LogP contribution in [0.4, 0.5) is 11.4 Å². The first-order valence-electron chi connectivity index (χ1n) is 17.1. The zero-order chi connectivity index (χ0) is 34.9. The highest BCUT2D eigenvalue weighted by Crippen LogP contribution is 2.60. The first-order valence-corrected chi connectivity index (χ1v) is 18.7. The van der Waals surface area contributed by atoms with Gasteiger partial charge in [-0.1, -0.05) is 152 Å². The summed E-state index contributed by atoms with van der Waals surface area (Å²) in [4.78, 5) is 15.2. The predicted octanol–water partition coefficient (Wildman–Crippen LogP) is 10.7. The molecule has 0 bridgehead atoms. The van der Waals surface area contributed by atoms with Crippen LogP contribution in [0.15, 0.2) is 188 Å². The van der Waals surface area contributed by atoms with Crippen molar-refractivity contribution < 1.29 is 9.30 Å². The maximum atomic E-state index is 17.1. The van der Waals surface area contributed by atoms with Crippen molar-refractivity contribution in [2.24, 2.45) is 0 Å². The highest BCUT2D eigenvalue weighted by atomic mass is 31.2. The normalized spacial score (nSPS) is 14.8. The number of aromatic nitrogens is 3. The molecule has 0 aliphatic carbocycles.